The minimum absolute atomic E-state index is 0.285. The highest BCUT2D eigenvalue weighted by molar-refractivity contribution is 5.27. The fourth-order valence-electron chi connectivity index (χ4n) is 2.66. The van der Waals surface area contributed by atoms with Crippen molar-refractivity contribution in [2.75, 3.05) is 27.3 Å². The Morgan fingerprint density at radius 3 is 2.68 bits per heavy atom. The highest BCUT2D eigenvalue weighted by Crippen LogP contribution is 2.20. The van der Waals surface area contributed by atoms with Gasteiger partial charge in [0.05, 0.1) is 13.2 Å². The number of rotatable bonds is 6. The smallest absolute Gasteiger partial charge is 0.118 e. The standard InChI is InChI=1S/C15H24N2O2/c1-17(14(10-16)15-4-3-9-19-15)11-12-5-7-13(18-2)8-6-12/h5-8,14-15H,3-4,9-11,16H2,1-2H3. The van der Waals surface area contributed by atoms with E-state index in [2.05, 4.69) is 24.1 Å². The van der Waals surface area contributed by atoms with Gasteiger partial charge in [-0.25, -0.2) is 0 Å². The quantitative estimate of drug-likeness (QED) is 0.848. The van der Waals surface area contributed by atoms with E-state index in [0.717, 1.165) is 31.7 Å². The largest absolute Gasteiger partial charge is 0.497 e. The molecular weight excluding hydrogens is 240 g/mol. The van der Waals surface area contributed by atoms with Crippen LogP contribution in [0.5, 0.6) is 5.75 Å². The van der Waals surface area contributed by atoms with Gasteiger partial charge in [0, 0.05) is 25.7 Å². The summed E-state index contributed by atoms with van der Waals surface area (Å²) in [6, 6.07) is 8.47. The highest BCUT2D eigenvalue weighted by atomic mass is 16.5. The Bertz CT molecular complexity index is 374. The molecule has 2 N–H and O–H groups in total. The number of methoxy groups -OCH3 is 1. The molecule has 1 aliphatic heterocycles. The number of ether oxygens (including phenoxy) is 2. The summed E-state index contributed by atoms with van der Waals surface area (Å²) in [4.78, 5) is 2.29. The van der Waals surface area contributed by atoms with Crippen molar-refractivity contribution >= 4 is 0 Å². The van der Waals surface area contributed by atoms with Gasteiger partial charge in [0.1, 0.15) is 5.75 Å². The second-order valence-corrected chi connectivity index (χ2v) is 5.12. The van der Waals surface area contributed by atoms with E-state index in [1.165, 1.54) is 5.56 Å². The molecule has 1 aliphatic rings. The third-order valence-corrected chi connectivity index (χ3v) is 3.79. The predicted octanol–water partition coefficient (Wildman–Crippen LogP) is 1.63. The summed E-state index contributed by atoms with van der Waals surface area (Å²) in [7, 11) is 3.80. The van der Waals surface area contributed by atoms with Crippen molar-refractivity contribution in [2.45, 2.75) is 31.5 Å². The van der Waals surface area contributed by atoms with E-state index < -0.39 is 0 Å². The number of benzene rings is 1. The summed E-state index contributed by atoms with van der Waals surface area (Å²) < 4.78 is 10.9. The minimum atomic E-state index is 0.285. The zero-order chi connectivity index (χ0) is 13.7. The Balaban J connectivity index is 1.95. The summed E-state index contributed by atoms with van der Waals surface area (Å²) in [5, 5.41) is 0. The molecule has 4 heteroatoms. The molecule has 2 atom stereocenters. The molecular formula is C15H24N2O2. The van der Waals surface area contributed by atoms with Gasteiger partial charge in [-0.3, -0.25) is 4.90 Å². The zero-order valence-corrected chi connectivity index (χ0v) is 11.8. The maximum Gasteiger partial charge on any atom is 0.118 e. The highest BCUT2D eigenvalue weighted by Gasteiger charge is 2.27. The van der Waals surface area contributed by atoms with Crippen molar-refractivity contribution in [3.8, 4) is 5.75 Å². The minimum Gasteiger partial charge on any atom is -0.497 e. The second-order valence-electron chi connectivity index (χ2n) is 5.12. The first kappa shape index (κ1) is 14.3. The molecule has 1 aromatic carbocycles. The lowest BCUT2D eigenvalue weighted by Crippen LogP contribution is -2.45. The molecule has 1 heterocycles. The molecule has 0 amide bonds. The van der Waals surface area contributed by atoms with Gasteiger partial charge in [-0.1, -0.05) is 12.1 Å². The molecule has 19 heavy (non-hydrogen) atoms. The number of nitrogens with zero attached hydrogens (tertiary/aromatic N) is 1. The first-order valence-electron chi connectivity index (χ1n) is 6.89. The molecule has 0 radical (unpaired) electrons. The van der Waals surface area contributed by atoms with Crippen molar-refractivity contribution in [1.82, 2.24) is 4.90 Å². The van der Waals surface area contributed by atoms with Crippen LogP contribution in [0.4, 0.5) is 0 Å². The van der Waals surface area contributed by atoms with E-state index in [1.54, 1.807) is 7.11 Å². The van der Waals surface area contributed by atoms with E-state index in [4.69, 9.17) is 15.2 Å². The molecule has 0 saturated carbocycles. The summed E-state index contributed by atoms with van der Waals surface area (Å²) in [5.41, 5.74) is 7.17. The van der Waals surface area contributed by atoms with Gasteiger partial charge < -0.3 is 15.2 Å². The van der Waals surface area contributed by atoms with Crippen molar-refractivity contribution in [2.24, 2.45) is 5.73 Å². The molecule has 0 aromatic heterocycles. The average Bonchev–Trinajstić information content (AvgIpc) is 2.94. The average molecular weight is 264 g/mol. The predicted molar refractivity (Wildman–Crippen MR) is 76.3 cm³/mol. The van der Waals surface area contributed by atoms with Gasteiger partial charge >= 0.3 is 0 Å². The lowest BCUT2D eigenvalue weighted by Gasteiger charge is -2.31. The fourth-order valence-corrected chi connectivity index (χ4v) is 2.66. The zero-order valence-electron chi connectivity index (χ0n) is 11.8. The van der Waals surface area contributed by atoms with Crippen LogP contribution in [0.3, 0.4) is 0 Å². The van der Waals surface area contributed by atoms with Gasteiger partial charge in [0.2, 0.25) is 0 Å². The number of likely N-dealkylation sites (N-methyl/N-ethyl adjacent to an activating group) is 1. The molecule has 2 unspecified atom stereocenters. The number of nitrogens with two attached hydrogens (primary N) is 1. The molecule has 1 saturated heterocycles. The van der Waals surface area contributed by atoms with Crippen LogP contribution in [0.2, 0.25) is 0 Å². The van der Waals surface area contributed by atoms with Crippen molar-refractivity contribution in [1.29, 1.82) is 0 Å². The lowest BCUT2D eigenvalue weighted by atomic mass is 10.1. The maximum absolute atomic E-state index is 5.91. The van der Waals surface area contributed by atoms with Crippen LogP contribution in [0.15, 0.2) is 24.3 Å². The Kier molecular flexibility index (Phi) is 5.19. The molecule has 0 bridgehead atoms. The van der Waals surface area contributed by atoms with E-state index in [1.807, 2.05) is 12.1 Å². The SMILES string of the molecule is COc1ccc(CN(C)C(CN)C2CCCO2)cc1. The van der Waals surface area contributed by atoms with Crippen LogP contribution in [-0.4, -0.2) is 44.4 Å². The normalized spacial score (nSPS) is 20.7. The first-order valence-corrected chi connectivity index (χ1v) is 6.89. The lowest BCUT2D eigenvalue weighted by molar-refractivity contribution is 0.0347. The Morgan fingerprint density at radius 1 is 1.42 bits per heavy atom. The van der Waals surface area contributed by atoms with Gasteiger partial charge in [-0.2, -0.15) is 0 Å². The Hall–Kier alpha value is -1.10. The van der Waals surface area contributed by atoms with Crippen LogP contribution >= 0.6 is 0 Å². The van der Waals surface area contributed by atoms with Crippen LogP contribution in [-0.2, 0) is 11.3 Å². The van der Waals surface area contributed by atoms with Gasteiger partial charge in [0.15, 0.2) is 0 Å². The number of hydrogen-bond acceptors (Lipinski definition) is 4. The van der Waals surface area contributed by atoms with Crippen molar-refractivity contribution in [3.63, 3.8) is 0 Å². The molecule has 0 aliphatic carbocycles. The molecule has 4 nitrogen and oxygen atoms in total. The molecule has 106 valence electrons. The summed E-state index contributed by atoms with van der Waals surface area (Å²) in [6.45, 7) is 2.39. The second kappa shape index (κ2) is 6.89. The number of hydrogen-bond donors (Lipinski definition) is 1. The summed E-state index contributed by atoms with van der Waals surface area (Å²) in [6.07, 6.45) is 2.56. The van der Waals surface area contributed by atoms with Crippen molar-refractivity contribution in [3.05, 3.63) is 29.8 Å². The van der Waals surface area contributed by atoms with E-state index in [0.29, 0.717) is 12.6 Å². The Morgan fingerprint density at radius 2 is 2.16 bits per heavy atom. The molecule has 0 spiro atoms. The maximum atomic E-state index is 5.91. The molecule has 1 aromatic rings. The van der Waals surface area contributed by atoms with Crippen LogP contribution in [0.25, 0.3) is 0 Å². The Labute approximate surface area is 115 Å². The third-order valence-electron chi connectivity index (χ3n) is 3.79. The van der Waals surface area contributed by atoms with Gasteiger partial charge in [0.25, 0.3) is 0 Å². The van der Waals surface area contributed by atoms with Crippen LogP contribution in [0.1, 0.15) is 18.4 Å². The fraction of sp³-hybridized carbons (Fsp3) is 0.600. The topological polar surface area (TPSA) is 47.7 Å². The van der Waals surface area contributed by atoms with Gasteiger partial charge in [-0.15, -0.1) is 0 Å². The van der Waals surface area contributed by atoms with Crippen LogP contribution < -0.4 is 10.5 Å². The summed E-state index contributed by atoms with van der Waals surface area (Å²) >= 11 is 0. The third kappa shape index (κ3) is 3.69. The van der Waals surface area contributed by atoms with E-state index in [9.17, 15) is 0 Å². The van der Waals surface area contributed by atoms with E-state index in [-0.39, 0.29) is 6.10 Å². The molecule has 1 fully saturated rings. The first-order chi connectivity index (χ1) is 9.24. The monoisotopic (exact) mass is 264 g/mol. The van der Waals surface area contributed by atoms with Gasteiger partial charge in [-0.05, 0) is 37.6 Å². The molecule has 2 rings (SSSR count). The van der Waals surface area contributed by atoms with Crippen molar-refractivity contribution < 1.29 is 9.47 Å². The van der Waals surface area contributed by atoms with Crippen LogP contribution in [0, 0.1) is 0 Å². The van der Waals surface area contributed by atoms with E-state index >= 15 is 0 Å². The summed E-state index contributed by atoms with van der Waals surface area (Å²) in [5.74, 6) is 0.890.